The molecule has 6 heteroatoms. The Hall–Kier alpha value is -1.81. The summed E-state index contributed by atoms with van der Waals surface area (Å²) in [6.07, 6.45) is 0. The quantitative estimate of drug-likeness (QED) is 0.348. The number of para-hydroxylation sites is 1. The third-order valence-electron chi connectivity index (χ3n) is 3.10. The summed E-state index contributed by atoms with van der Waals surface area (Å²) in [6, 6.07) is 17.6. The van der Waals surface area contributed by atoms with Crippen molar-refractivity contribution in [2.24, 2.45) is 0 Å². The molecule has 0 fully saturated rings. The molecule has 114 valence electrons. The van der Waals surface area contributed by atoms with Gasteiger partial charge in [-0.3, -0.25) is 0 Å². The summed E-state index contributed by atoms with van der Waals surface area (Å²) in [4.78, 5) is 5.46. The van der Waals surface area contributed by atoms with Crippen LogP contribution in [0.3, 0.4) is 0 Å². The van der Waals surface area contributed by atoms with E-state index in [1.54, 1.807) is 0 Å². The third-order valence-corrected chi connectivity index (χ3v) is 5.70. The highest BCUT2D eigenvalue weighted by molar-refractivity contribution is 9.10. The van der Waals surface area contributed by atoms with Gasteiger partial charge in [0.05, 0.1) is 16.0 Å². The van der Waals surface area contributed by atoms with E-state index < -0.39 is 0 Å². The molecule has 0 aliphatic rings. The average molecular weight is 403 g/mol. The molecule has 0 amide bonds. The highest BCUT2D eigenvalue weighted by Gasteiger charge is 2.14. The number of thiazole rings is 1. The second-order valence-corrected chi connectivity index (χ2v) is 7.66. The first-order chi connectivity index (χ1) is 11.2. The molecule has 3 rings (SSSR count). The first kappa shape index (κ1) is 16.1. The van der Waals surface area contributed by atoms with Gasteiger partial charge in [0.1, 0.15) is 22.4 Å². The van der Waals surface area contributed by atoms with Crippen LogP contribution in [0.25, 0.3) is 15.8 Å². The Labute approximate surface area is 150 Å². The number of nitriles is 1. The van der Waals surface area contributed by atoms with Crippen molar-refractivity contribution in [2.75, 3.05) is 5.75 Å². The Bertz CT molecular complexity index is 877. The second kappa shape index (κ2) is 7.18. The van der Waals surface area contributed by atoms with Crippen LogP contribution in [-0.2, 0) is 0 Å². The lowest BCUT2D eigenvalue weighted by Crippen LogP contribution is -1.92. The van der Waals surface area contributed by atoms with Crippen LogP contribution >= 0.6 is 39.0 Å². The van der Waals surface area contributed by atoms with E-state index in [-0.39, 0.29) is 11.3 Å². The lowest BCUT2D eigenvalue weighted by Gasteiger charge is -2.03. The maximum absolute atomic E-state index is 10.3. The number of halogens is 1. The van der Waals surface area contributed by atoms with Crippen molar-refractivity contribution < 1.29 is 5.11 Å². The Morgan fingerprint density at radius 1 is 1.22 bits per heavy atom. The molecule has 0 unspecified atom stereocenters. The van der Waals surface area contributed by atoms with Crippen molar-refractivity contribution >= 4 is 54.8 Å². The number of hydrogen-bond acceptors (Lipinski definition) is 5. The van der Waals surface area contributed by atoms with Crippen molar-refractivity contribution in [3.8, 4) is 6.07 Å². The summed E-state index contributed by atoms with van der Waals surface area (Å²) >= 11 is 6.28. The first-order valence-electron chi connectivity index (χ1n) is 6.74. The number of benzene rings is 2. The number of aromatic nitrogens is 1. The third kappa shape index (κ3) is 3.75. The van der Waals surface area contributed by atoms with Gasteiger partial charge in [-0.15, -0.1) is 23.1 Å². The fourth-order valence-corrected chi connectivity index (χ4v) is 3.99. The molecular formula is C17H11BrN2OS2. The predicted octanol–water partition coefficient (Wildman–Crippen LogP) is 5.64. The van der Waals surface area contributed by atoms with E-state index in [2.05, 4.69) is 27.0 Å². The summed E-state index contributed by atoms with van der Waals surface area (Å²) in [5, 5.41) is 20.2. The molecule has 0 aliphatic carbocycles. The predicted molar refractivity (Wildman–Crippen MR) is 99.6 cm³/mol. The monoisotopic (exact) mass is 402 g/mol. The lowest BCUT2D eigenvalue weighted by molar-refractivity contribution is 0.421. The van der Waals surface area contributed by atoms with Crippen LogP contribution in [0.5, 0.6) is 0 Å². The number of fused-ring (bicyclic) bond motifs is 1. The summed E-state index contributed by atoms with van der Waals surface area (Å²) < 4.78 is 2.01. The summed E-state index contributed by atoms with van der Waals surface area (Å²) in [6.45, 7) is 0. The molecule has 23 heavy (non-hydrogen) atoms. The summed E-state index contributed by atoms with van der Waals surface area (Å²) in [5.41, 5.74) is 1.09. The van der Waals surface area contributed by atoms with Crippen molar-refractivity contribution in [1.82, 2.24) is 4.98 Å². The van der Waals surface area contributed by atoms with Gasteiger partial charge in [0.15, 0.2) is 0 Å². The number of aliphatic hydroxyl groups excluding tert-OH is 1. The van der Waals surface area contributed by atoms with Crippen LogP contribution in [-0.4, -0.2) is 15.8 Å². The van der Waals surface area contributed by atoms with E-state index in [1.165, 1.54) is 23.1 Å². The highest BCUT2D eigenvalue weighted by atomic mass is 79.9. The van der Waals surface area contributed by atoms with Gasteiger partial charge in [-0.2, -0.15) is 5.26 Å². The van der Waals surface area contributed by atoms with Crippen molar-refractivity contribution in [2.45, 2.75) is 4.90 Å². The van der Waals surface area contributed by atoms with Gasteiger partial charge in [-0.05, 0) is 36.4 Å². The van der Waals surface area contributed by atoms with Crippen molar-refractivity contribution in [3.63, 3.8) is 0 Å². The number of hydrogen-bond donors (Lipinski definition) is 1. The smallest absolute Gasteiger partial charge is 0.138 e. The largest absolute Gasteiger partial charge is 0.510 e. The van der Waals surface area contributed by atoms with Gasteiger partial charge < -0.3 is 5.11 Å². The fourth-order valence-electron chi connectivity index (χ4n) is 1.97. The molecule has 0 atom stereocenters. The molecule has 0 bridgehead atoms. The van der Waals surface area contributed by atoms with Gasteiger partial charge in [0, 0.05) is 9.37 Å². The van der Waals surface area contributed by atoms with E-state index in [1.807, 2.05) is 48.5 Å². The van der Waals surface area contributed by atoms with E-state index in [0.29, 0.717) is 10.8 Å². The molecular weight excluding hydrogens is 392 g/mol. The molecule has 2 aromatic carbocycles. The Balaban J connectivity index is 1.84. The number of rotatable bonds is 4. The van der Waals surface area contributed by atoms with Gasteiger partial charge in [0.25, 0.3) is 0 Å². The maximum Gasteiger partial charge on any atom is 0.138 e. The van der Waals surface area contributed by atoms with E-state index in [9.17, 15) is 10.4 Å². The molecule has 1 aromatic heterocycles. The Kier molecular flexibility index (Phi) is 5.01. The first-order valence-corrected chi connectivity index (χ1v) is 9.33. The van der Waals surface area contributed by atoms with E-state index >= 15 is 0 Å². The minimum atomic E-state index is 0.0551. The molecule has 0 aliphatic heterocycles. The van der Waals surface area contributed by atoms with Crippen LogP contribution in [0, 0.1) is 11.3 Å². The minimum Gasteiger partial charge on any atom is -0.510 e. The molecule has 0 saturated carbocycles. The van der Waals surface area contributed by atoms with Crippen LogP contribution in [0.15, 0.2) is 63.7 Å². The maximum atomic E-state index is 10.3. The zero-order valence-electron chi connectivity index (χ0n) is 11.9. The molecule has 0 radical (unpaired) electrons. The van der Waals surface area contributed by atoms with Gasteiger partial charge in [-0.1, -0.05) is 28.1 Å². The number of allylic oxidation sites excluding steroid dienone is 1. The van der Waals surface area contributed by atoms with E-state index in [4.69, 9.17) is 0 Å². The molecule has 0 spiro atoms. The van der Waals surface area contributed by atoms with Crippen molar-refractivity contribution in [1.29, 1.82) is 5.26 Å². The van der Waals surface area contributed by atoms with Crippen LogP contribution in [0.2, 0.25) is 0 Å². The lowest BCUT2D eigenvalue weighted by atomic mass is 10.2. The van der Waals surface area contributed by atoms with Gasteiger partial charge in [0.2, 0.25) is 0 Å². The summed E-state index contributed by atoms with van der Waals surface area (Å²) in [7, 11) is 0. The topological polar surface area (TPSA) is 56.9 Å². The zero-order chi connectivity index (χ0) is 16.2. The average Bonchev–Trinajstić information content (AvgIpc) is 2.98. The molecule has 1 N–H and O–H groups in total. The molecule has 3 nitrogen and oxygen atoms in total. The number of thioether (sulfide) groups is 1. The summed E-state index contributed by atoms with van der Waals surface area (Å²) in [5.74, 6) is 0.389. The molecule has 0 saturated heterocycles. The number of nitrogens with zero attached hydrogens (tertiary/aromatic N) is 2. The Morgan fingerprint density at radius 3 is 2.65 bits per heavy atom. The van der Waals surface area contributed by atoms with E-state index in [0.717, 1.165) is 19.6 Å². The van der Waals surface area contributed by atoms with Crippen molar-refractivity contribution in [3.05, 3.63) is 63.8 Å². The highest BCUT2D eigenvalue weighted by Crippen LogP contribution is 2.30. The minimum absolute atomic E-state index is 0.0551. The van der Waals surface area contributed by atoms with Crippen LogP contribution in [0.1, 0.15) is 5.01 Å². The molecule has 1 heterocycles. The van der Waals surface area contributed by atoms with Gasteiger partial charge >= 0.3 is 0 Å². The zero-order valence-corrected chi connectivity index (χ0v) is 15.1. The second-order valence-electron chi connectivity index (χ2n) is 4.66. The van der Waals surface area contributed by atoms with Crippen LogP contribution in [0.4, 0.5) is 0 Å². The van der Waals surface area contributed by atoms with Gasteiger partial charge in [-0.25, -0.2) is 4.98 Å². The normalized spacial score (nSPS) is 12.0. The Morgan fingerprint density at radius 2 is 1.96 bits per heavy atom. The standard InChI is InChI=1S/C17H11BrN2OS2/c18-11-5-7-12(8-6-11)22-10-15(21)13(9-19)17-20-14-3-1-2-4-16(14)23-17/h1-8,21H,10H2/b15-13-. The van der Waals surface area contributed by atoms with Crippen LogP contribution < -0.4 is 0 Å². The fraction of sp³-hybridized carbons (Fsp3) is 0.0588. The molecule has 3 aromatic rings. The number of aliphatic hydroxyl groups is 1. The SMILES string of the molecule is N#C/C(=C(/O)CSc1ccc(Br)cc1)c1nc2ccccc2s1.